The number of para-hydroxylation sites is 1. The number of hydrogen-bond acceptors (Lipinski definition) is 2. The van der Waals surface area contributed by atoms with Crippen LogP contribution in [-0.4, -0.2) is 25.0 Å². The number of benzene rings is 2. The van der Waals surface area contributed by atoms with E-state index in [1.807, 2.05) is 31.2 Å². The fourth-order valence-corrected chi connectivity index (χ4v) is 2.34. The van der Waals surface area contributed by atoms with E-state index in [-0.39, 0.29) is 24.2 Å². The number of likely N-dealkylation sites (N-methyl/N-ethyl adjacent to an activating group) is 1. The highest BCUT2D eigenvalue weighted by Crippen LogP contribution is 2.28. The van der Waals surface area contributed by atoms with Gasteiger partial charge in [0.2, 0.25) is 5.91 Å². The second-order valence-corrected chi connectivity index (χ2v) is 5.23. The van der Waals surface area contributed by atoms with Gasteiger partial charge >= 0.3 is 0 Å². The van der Waals surface area contributed by atoms with Crippen molar-refractivity contribution in [3.8, 4) is 5.75 Å². The van der Waals surface area contributed by atoms with E-state index < -0.39 is 0 Å². The minimum atomic E-state index is -0.299. The highest BCUT2D eigenvalue weighted by atomic mass is 19.1. The molecule has 22 heavy (non-hydrogen) atoms. The second-order valence-electron chi connectivity index (χ2n) is 5.23. The van der Waals surface area contributed by atoms with Crippen LogP contribution in [0.5, 0.6) is 5.75 Å². The van der Waals surface area contributed by atoms with Crippen LogP contribution in [0.1, 0.15) is 24.1 Å². The van der Waals surface area contributed by atoms with E-state index in [4.69, 9.17) is 4.74 Å². The standard InChI is InChI=1S/C18H20FNO2/c1-13(16-6-4-5-7-17(16)22-3)20(2)18(21)12-14-8-10-15(19)11-9-14/h4-11,13H,12H2,1-3H3. The Morgan fingerprint density at radius 3 is 2.45 bits per heavy atom. The van der Waals surface area contributed by atoms with Crippen LogP contribution >= 0.6 is 0 Å². The summed E-state index contributed by atoms with van der Waals surface area (Å²) in [5, 5.41) is 0. The zero-order valence-corrected chi connectivity index (χ0v) is 13.0. The Morgan fingerprint density at radius 1 is 1.18 bits per heavy atom. The Kier molecular flexibility index (Phi) is 5.15. The van der Waals surface area contributed by atoms with Crippen molar-refractivity contribution in [3.05, 3.63) is 65.5 Å². The van der Waals surface area contributed by atoms with Gasteiger partial charge in [0.15, 0.2) is 0 Å². The van der Waals surface area contributed by atoms with Gasteiger partial charge in [-0.2, -0.15) is 0 Å². The average molecular weight is 301 g/mol. The molecule has 0 N–H and O–H groups in total. The van der Waals surface area contributed by atoms with Gasteiger partial charge in [-0.15, -0.1) is 0 Å². The van der Waals surface area contributed by atoms with E-state index in [1.165, 1.54) is 12.1 Å². The third-order valence-corrected chi connectivity index (χ3v) is 3.83. The van der Waals surface area contributed by atoms with Crippen LogP contribution in [0.25, 0.3) is 0 Å². The molecule has 0 saturated heterocycles. The summed E-state index contributed by atoms with van der Waals surface area (Å²) in [4.78, 5) is 14.1. The molecule has 0 aromatic heterocycles. The Balaban J connectivity index is 2.11. The van der Waals surface area contributed by atoms with Crippen LogP contribution in [0.3, 0.4) is 0 Å². The number of rotatable bonds is 5. The van der Waals surface area contributed by atoms with Crippen LogP contribution < -0.4 is 4.74 Å². The summed E-state index contributed by atoms with van der Waals surface area (Å²) in [6, 6.07) is 13.5. The molecule has 0 spiro atoms. The molecule has 0 aliphatic rings. The first-order valence-electron chi connectivity index (χ1n) is 7.16. The van der Waals surface area contributed by atoms with E-state index in [0.29, 0.717) is 0 Å². The highest BCUT2D eigenvalue weighted by Gasteiger charge is 2.20. The number of amides is 1. The summed E-state index contributed by atoms with van der Waals surface area (Å²) in [6.45, 7) is 1.96. The number of nitrogens with zero attached hydrogens (tertiary/aromatic N) is 1. The highest BCUT2D eigenvalue weighted by molar-refractivity contribution is 5.79. The molecule has 2 aromatic carbocycles. The van der Waals surface area contributed by atoms with Crippen molar-refractivity contribution in [2.75, 3.05) is 14.2 Å². The minimum absolute atomic E-state index is 0.0231. The van der Waals surface area contributed by atoms with E-state index in [2.05, 4.69) is 0 Å². The molecule has 0 aliphatic heterocycles. The molecule has 0 aliphatic carbocycles. The molecule has 1 atom stereocenters. The first-order chi connectivity index (χ1) is 10.5. The van der Waals surface area contributed by atoms with Gasteiger partial charge in [-0.05, 0) is 30.7 Å². The lowest BCUT2D eigenvalue weighted by Gasteiger charge is -2.26. The number of carbonyl (C=O) groups excluding carboxylic acids is 1. The molecular weight excluding hydrogens is 281 g/mol. The lowest BCUT2D eigenvalue weighted by molar-refractivity contribution is -0.131. The van der Waals surface area contributed by atoms with Crippen LogP contribution in [0.2, 0.25) is 0 Å². The van der Waals surface area contributed by atoms with Crippen molar-refractivity contribution in [2.24, 2.45) is 0 Å². The summed E-state index contributed by atoms with van der Waals surface area (Å²) in [5.74, 6) is 0.438. The molecule has 1 amide bonds. The van der Waals surface area contributed by atoms with Gasteiger partial charge in [0, 0.05) is 12.6 Å². The molecule has 2 rings (SSSR count). The fraction of sp³-hybridized carbons (Fsp3) is 0.278. The minimum Gasteiger partial charge on any atom is -0.496 e. The lowest BCUT2D eigenvalue weighted by Crippen LogP contribution is -2.31. The Labute approximate surface area is 130 Å². The normalized spacial score (nSPS) is 11.8. The van der Waals surface area contributed by atoms with Gasteiger partial charge in [0.1, 0.15) is 11.6 Å². The molecular formula is C18H20FNO2. The SMILES string of the molecule is COc1ccccc1C(C)N(C)C(=O)Cc1ccc(F)cc1. The zero-order chi connectivity index (χ0) is 16.1. The van der Waals surface area contributed by atoms with Crippen LogP contribution in [0, 0.1) is 5.82 Å². The van der Waals surface area contributed by atoms with Gasteiger partial charge in [0.05, 0.1) is 19.6 Å². The third-order valence-electron chi connectivity index (χ3n) is 3.83. The van der Waals surface area contributed by atoms with E-state index >= 15 is 0 Å². The largest absolute Gasteiger partial charge is 0.496 e. The van der Waals surface area contributed by atoms with Crippen molar-refractivity contribution < 1.29 is 13.9 Å². The molecule has 2 aromatic rings. The molecule has 0 saturated carbocycles. The van der Waals surface area contributed by atoms with E-state index in [9.17, 15) is 9.18 Å². The second kappa shape index (κ2) is 7.07. The number of hydrogen-bond donors (Lipinski definition) is 0. The first kappa shape index (κ1) is 16.0. The summed E-state index contributed by atoms with van der Waals surface area (Å²) in [5.41, 5.74) is 1.76. The van der Waals surface area contributed by atoms with Gasteiger partial charge in [-0.3, -0.25) is 4.79 Å². The number of ether oxygens (including phenoxy) is 1. The molecule has 3 nitrogen and oxygen atoms in total. The van der Waals surface area contributed by atoms with Crippen LogP contribution in [0.4, 0.5) is 4.39 Å². The Hall–Kier alpha value is -2.36. The number of carbonyl (C=O) groups is 1. The van der Waals surface area contributed by atoms with Gasteiger partial charge in [0.25, 0.3) is 0 Å². The maximum Gasteiger partial charge on any atom is 0.227 e. The smallest absolute Gasteiger partial charge is 0.227 e. The molecule has 0 heterocycles. The molecule has 0 radical (unpaired) electrons. The van der Waals surface area contributed by atoms with E-state index in [0.717, 1.165) is 16.9 Å². The number of halogens is 1. The average Bonchev–Trinajstić information content (AvgIpc) is 2.55. The van der Waals surface area contributed by atoms with Crippen molar-refractivity contribution in [1.82, 2.24) is 4.90 Å². The Morgan fingerprint density at radius 2 is 1.82 bits per heavy atom. The zero-order valence-electron chi connectivity index (χ0n) is 13.0. The first-order valence-corrected chi connectivity index (χ1v) is 7.16. The third kappa shape index (κ3) is 3.64. The predicted molar refractivity (Wildman–Crippen MR) is 84.3 cm³/mol. The topological polar surface area (TPSA) is 29.5 Å². The van der Waals surface area contributed by atoms with Gasteiger partial charge < -0.3 is 9.64 Å². The number of methoxy groups -OCH3 is 1. The lowest BCUT2D eigenvalue weighted by atomic mass is 10.0. The summed E-state index contributed by atoms with van der Waals surface area (Å²) in [6.07, 6.45) is 0.246. The molecule has 116 valence electrons. The fourth-order valence-electron chi connectivity index (χ4n) is 2.34. The van der Waals surface area contributed by atoms with Crippen molar-refractivity contribution >= 4 is 5.91 Å². The Bertz CT molecular complexity index is 640. The molecule has 0 bridgehead atoms. The monoisotopic (exact) mass is 301 g/mol. The molecule has 4 heteroatoms. The van der Waals surface area contributed by atoms with Gasteiger partial charge in [-0.1, -0.05) is 30.3 Å². The van der Waals surface area contributed by atoms with Crippen LogP contribution in [0.15, 0.2) is 48.5 Å². The molecule has 1 unspecified atom stereocenters. The van der Waals surface area contributed by atoms with Gasteiger partial charge in [-0.25, -0.2) is 4.39 Å². The maximum absolute atomic E-state index is 12.9. The van der Waals surface area contributed by atoms with Crippen molar-refractivity contribution in [2.45, 2.75) is 19.4 Å². The predicted octanol–water partition coefficient (Wildman–Crippen LogP) is 3.60. The van der Waals surface area contributed by atoms with Crippen molar-refractivity contribution in [3.63, 3.8) is 0 Å². The summed E-state index contributed by atoms with van der Waals surface area (Å²) in [7, 11) is 3.38. The summed E-state index contributed by atoms with van der Waals surface area (Å²) >= 11 is 0. The summed E-state index contributed by atoms with van der Waals surface area (Å²) < 4.78 is 18.3. The molecule has 0 fully saturated rings. The van der Waals surface area contributed by atoms with Crippen LogP contribution in [-0.2, 0) is 11.2 Å². The quantitative estimate of drug-likeness (QED) is 0.844. The van der Waals surface area contributed by atoms with Crippen molar-refractivity contribution in [1.29, 1.82) is 0 Å². The van der Waals surface area contributed by atoms with E-state index in [1.54, 1.807) is 31.2 Å². The maximum atomic E-state index is 12.9.